The van der Waals surface area contributed by atoms with Crippen LogP contribution in [0.2, 0.25) is 0 Å². The van der Waals surface area contributed by atoms with Crippen LogP contribution in [0, 0.1) is 0 Å². The van der Waals surface area contributed by atoms with E-state index in [0.717, 1.165) is 5.39 Å². The Labute approximate surface area is 135 Å². The lowest BCUT2D eigenvalue weighted by Gasteiger charge is -2.27. The van der Waals surface area contributed by atoms with Crippen LogP contribution in [0.4, 0.5) is 22.0 Å². The molecule has 2 aromatic rings. The zero-order valence-corrected chi connectivity index (χ0v) is 12.6. The molecule has 0 bridgehead atoms. The molecule has 0 aliphatic rings. The summed E-state index contributed by atoms with van der Waals surface area (Å²) in [6.07, 6.45) is -8.42. The molecule has 0 spiro atoms. The second-order valence-corrected chi connectivity index (χ2v) is 5.34. The van der Waals surface area contributed by atoms with Crippen molar-refractivity contribution in [3.63, 3.8) is 0 Å². The molecule has 0 amide bonds. The number of nitrogens with one attached hydrogen (secondary N) is 1. The fraction of sp³-hybridized carbons (Fsp3) is 0.375. The van der Waals surface area contributed by atoms with Gasteiger partial charge in [0.1, 0.15) is 11.9 Å². The molecule has 0 aromatic heterocycles. The molecule has 0 fully saturated rings. The summed E-state index contributed by atoms with van der Waals surface area (Å²) in [5.74, 6) is -4.66. The first-order valence-corrected chi connectivity index (χ1v) is 7.12. The summed E-state index contributed by atoms with van der Waals surface area (Å²) in [6.45, 7) is -0.467. The predicted molar refractivity (Wildman–Crippen MR) is 79.0 cm³/mol. The summed E-state index contributed by atoms with van der Waals surface area (Å²) in [7, 11) is 0. The molecule has 2 atom stereocenters. The molecule has 24 heavy (non-hydrogen) atoms. The van der Waals surface area contributed by atoms with E-state index in [4.69, 9.17) is 4.74 Å². The Morgan fingerprint density at radius 1 is 1.04 bits per heavy atom. The van der Waals surface area contributed by atoms with E-state index in [-0.39, 0.29) is 5.75 Å². The molecule has 2 N–H and O–H groups in total. The number of fused-ring (bicyclic) bond motifs is 1. The Kier molecular flexibility index (Phi) is 5.29. The number of halogens is 5. The third-order valence-corrected chi connectivity index (χ3v) is 3.38. The van der Waals surface area contributed by atoms with Gasteiger partial charge in [-0.3, -0.25) is 5.32 Å². The van der Waals surface area contributed by atoms with E-state index in [1.807, 2.05) is 5.32 Å². The Bertz CT molecular complexity index is 682. The lowest BCUT2D eigenvalue weighted by atomic mass is 10.1. The van der Waals surface area contributed by atoms with E-state index in [1.165, 1.54) is 6.92 Å². The fourth-order valence-corrected chi connectivity index (χ4v) is 2.07. The molecule has 0 radical (unpaired) electrons. The molecular formula is C16H16F5NO2. The number of hydrogen-bond acceptors (Lipinski definition) is 3. The summed E-state index contributed by atoms with van der Waals surface area (Å²) < 4.78 is 68.2. The van der Waals surface area contributed by atoms with Gasteiger partial charge >= 0.3 is 12.1 Å². The van der Waals surface area contributed by atoms with Gasteiger partial charge in [0.25, 0.3) is 0 Å². The van der Waals surface area contributed by atoms with E-state index < -0.39 is 31.0 Å². The summed E-state index contributed by atoms with van der Waals surface area (Å²) >= 11 is 0. The van der Waals surface area contributed by atoms with Crippen LogP contribution in [0.5, 0.6) is 5.75 Å². The average Bonchev–Trinajstić information content (AvgIpc) is 2.50. The zero-order valence-electron chi connectivity index (χ0n) is 12.6. The largest absolute Gasteiger partial charge is 0.472 e. The molecule has 0 saturated carbocycles. The van der Waals surface area contributed by atoms with Crippen LogP contribution < -0.4 is 10.1 Å². The molecule has 132 valence electrons. The number of aliphatic hydroxyl groups is 1. The Morgan fingerprint density at radius 2 is 1.67 bits per heavy atom. The highest BCUT2D eigenvalue weighted by Crippen LogP contribution is 2.35. The quantitative estimate of drug-likeness (QED) is 0.617. The minimum absolute atomic E-state index is 0.266. The van der Waals surface area contributed by atoms with Crippen molar-refractivity contribution in [1.29, 1.82) is 0 Å². The van der Waals surface area contributed by atoms with E-state index in [9.17, 15) is 27.1 Å². The highest BCUT2D eigenvalue weighted by atomic mass is 19.4. The average molecular weight is 349 g/mol. The van der Waals surface area contributed by atoms with Crippen molar-refractivity contribution >= 4 is 10.8 Å². The molecule has 0 saturated heterocycles. The molecule has 0 aliphatic heterocycles. The van der Waals surface area contributed by atoms with Gasteiger partial charge in [-0.25, -0.2) is 0 Å². The van der Waals surface area contributed by atoms with Gasteiger partial charge in [-0.15, -0.1) is 0 Å². The maximum Gasteiger partial charge on any atom is 0.454 e. The van der Waals surface area contributed by atoms with Crippen molar-refractivity contribution in [2.24, 2.45) is 0 Å². The summed E-state index contributed by atoms with van der Waals surface area (Å²) in [5, 5.41) is 13.0. The van der Waals surface area contributed by atoms with E-state index >= 15 is 0 Å². The molecular weight excluding hydrogens is 333 g/mol. The lowest BCUT2D eigenvalue weighted by Crippen LogP contribution is -2.52. The topological polar surface area (TPSA) is 41.5 Å². The number of ether oxygens (including phenoxy) is 1. The van der Waals surface area contributed by atoms with Gasteiger partial charge in [0, 0.05) is 5.39 Å². The van der Waals surface area contributed by atoms with Gasteiger partial charge in [-0.05, 0) is 18.4 Å². The molecule has 2 rings (SSSR count). The van der Waals surface area contributed by atoms with Crippen LogP contribution in [0.1, 0.15) is 6.92 Å². The maximum absolute atomic E-state index is 13.0. The van der Waals surface area contributed by atoms with Gasteiger partial charge in [-0.1, -0.05) is 36.4 Å². The van der Waals surface area contributed by atoms with Crippen LogP contribution in [0.3, 0.4) is 0 Å². The van der Waals surface area contributed by atoms with Crippen molar-refractivity contribution in [3.05, 3.63) is 42.5 Å². The summed E-state index contributed by atoms with van der Waals surface area (Å²) in [4.78, 5) is 0. The van der Waals surface area contributed by atoms with E-state index in [2.05, 4.69) is 0 Å². The van der Waals surface area contributed by atoms with Gasteiger partial charge in [0.2, 0.25) is 0 Å². The van der Waals surface area contributed by atoms with Crippen molar-refractivity contribution in [2.75, 3.05) is 6.54 Å². The molecule has 2 unspecified atom stereocenters. The molecule has 0 aliphatic carbocycles. The van der Waals surface area contributed by atoms with Crippen LogP contribution >= 0.6 is 0 Å². The number of rotatable bonds is 6. The van der Waals surface area contributed by atoms with Crippen LogP contribution in [-0.2, 0) is 0 Å². The van der Waals surface area contributed by atoms with Crippen molar-refractivity contribution in [3.8, 4) is 5.75 Å². The maximum atomic E-state index is 13.0. The fourth-order valence-electron chi connectivity index (χ4n) is 2.07. The molecule has 3 nitrogen and oxygen atoms in total. The second-order valence-electron chi connectivity index (χ2n) is 5.34. The third kappa shape index (κ3) is 4.12. The number of benzene rings is 2. The van der Waals surface area contributed by atoms with E-state index in [0.29, 0.717) is 5.39 Å². The number of hydrogen-bond donors (Lipinski definition) is 2. The molecule has 8 heteroatoms. The zero-order chi connectivity index (χ0) is 18.0. The number of alkyl halides is 5. The van der Waals surface area contributed by atoms with Crippen molar-refractivity contribution in [1.82, 2.24) is 5.32 Å². The van der Waals surface area contributed by atoms with Crippen molar-refractivity contribution < 1.29 is 31.8 Å². The Balaban J connectivity index is 2.17. The van der Waals surface area contributed by atoms with Crippen LogP contribution in [0.25, 0.3) is 10.8 Å². The molecule has 0 heterocycles. The van der Waals surface area contributed by atoms with Crippen LogP contribution in [0.15, 0.2) is 42.5 Å². The van der Waals surface area contributed by atoms with Gasteiger partial charge < -0.3 is 9.84 Å². The standard InChI is InChI=1S/C16H16F5NO2/c1-10(23)14(22-9-15(17,18)16(19,20)21)24-13-8-4-6-11-5-2-3-7-12(11)13/h2-8,10,14,22-23H,9H2,1H3. The highest BCUT2D eigenvalue weighted by molar-refractivity contribution is 5.88. The minimum atomic E-state index is -5.68. The van der Waals surface area contributed by atoms with Gasteiger partial charge in [0.15, 0.2) is 6.23 Å². The minimum Gasteiger partial charge on any atom is -0.472 e. The second kappa shape index (κ2) is 6.90. The number of aliphatic hydroxyl groups excluding tert-OH is 1. The van der Waals surface area contributed by atoms with Gasteiger partial charge in [-0.2, -0.15) is 22.0 Å². The first kappa shape index (κ1) is 18.4. The normalized spacial score (nSPS) is 15.3. The SMILES string of the molecule is CC(O)C(NCC(F)(F)C(F)(F)F)Oc1cccc2ccccc12. The first-order valence-electron chi connectivity index (χ1n) is 7.12. The predicted octanol–water partition coefficient (Wildman–Crippen LogP) is 3.71. The lowest BCUT2D eigenvalue weighted by molar-refractivity contribution is -0.280. The summed E-state index contributed by atoms with van der Waals surface area (Å²) in [6, 6.07) is 12.0. The van der Waals surface area contributed by atoms with Crippen LogP contribution in [-0.4, -0.2) is 36.1 Å². The highest BCUT2D eigenvalue weighted by Gasteiger charge is 2.57. The Morgan fingerprint density at radius 3 is 2.29 bits per heavy atom. The van der Waals surface area contributed by atoms with Crippen molar-refractivity contribution in [2.45, 2.75) is 31.4 Å². The first-order chi connectivity index (χ1) is 11.1. The summed E-state index contributed by atoms with van der Waals surface area (Å²) in [5.41, 5.74) is 0. The Hall–Kier alpha value is -1.93. The monoisotopic (exact) mass is 349 g/mol. The molecule has 2 aromatic carbocycles. The third-order valence-electron chi connectivity index (χ3n) is 3.38. The smallest absolute Gasteiger partial charge is 0.454 e. The van der Waals surface area contributed by atoms with E-state index in [1.54, 1.807) is 42.5 Å². The van der Waals surface area contributed by atoms with Gasteiger partial charge in [0.05, 0.1) is 6.54 Å².